The van der Waals surface area contributed by atoms with E-state index < -0.39 is 25.2 Å². The Morgan fingerprint density at radius 2 is 1.38 bits per heavy atom. The van der Waals surface area contributed by atoms with Crippen LogP contribution in [0.2, 0.25) is 51.9 Å². The SMILES string of the molecule is C=C(C)COC(CC)C[Si](C)(O[Si](C)(C)C)O[Si](C)(C)C. The minimum absolute atomic E-state index is 0.200. The molecule has 0 spiro atoms. The van der Waals surface area contributed by atoms with Crippen LogP contribution in [0.15, 0.2) is 12.2 Å². The largest absolute Gasteiger partial charge is 0.437 e. The molecule has 1 atom stereocenters. The van der Waals surface area contributed by atoms with Crippen molar-refractivity contribution in [3.05, 3.63) is 12.2 Å². The molecule has 0 aromatic carbocycles. The van der Waals surface area contributed by atoms with E-state index in [-0.39, 0.29) is 6.10 Å². The molecule has 0 radical (unpaired) electrons. The van der Waals surface area contributed by atoms with E-state index in [9.17, 15) is 0 Å². The van der Waals surface area contributed by atoms with Crippen molar-refractivity contribution >= 4 is 25.2 Å². The van der Waals surface area contributed by atoms with Gasteiger partial charge >= 0.3 is 8.56 Å². The van der Waals surface area contributed by atoms with Crippen LogP contribution in [0.4, 0.5) is 0 Å². The minimum Gasteiger partial charge on any atom is -0.437 e. The van der Waals surface area contributed by atoms with Crippen molar-refractivity contribution in [2.75, 3.05) is 6.61 Å². The highest BCUT2D eigenvalue weighted by Gasteiger charge is 2.42. The monoisotopic (exact) mass is 348 g/mol. The van der Waals surface area contributed by atoms with E-state index >= 15 is 0 Å². The molecule has 0 aliphatic carbocycles. The second-order valence-electron chi connectivity index (χ2n) is 8.07. The minimum atomic E-state index is -2.21. The summed E-state index contributed by atoms with van der Waals surface area (Å²) in [6.45, 7) is 24.4. The van der Waals surface area contributed by atoms with E-state index in [1.807, 2.05) is 6.92 Å². The summed E-state index contributed by atoms with van der Waals surface area (Å²) in [5.41, 5.74) is 1.06. The summed E-state index contributed by atoms with van der Waals surface area (Å²) in [5.74, 6) is 0. The average Bonchev–Trinajstić information content (AvgIpc) is 2.18. The second-order valence-corrected chi connectivity index (χ2v) is 20.8. The van der Waals surface area contributed by atoms with Gasteiger partial charge in [0.25, 0.3) is 0 Å². The van der Waals surface area contributed by atoms with Gasteiger partial charge in [-0.05, 0) is 59.2 Å². The van der Waals surface area contributed by atoms with Gasteiger partial charge in [-0.1, -0.05) is 19.1 Å². The average molecular weight is 349 g/mol. The number of hydrogen-bond acceptors (Lipinski definition) is 3. The van der Waals surface area contributed by atoms with Crippen molar-refractivity contribution in [1.82, 2.24) is 0 Å². The maximum absolute atomic E-state index is 6.53. The summed E-state index contributed by atoms with van der Waals surface area (Å²) in [5, 5.41) is 0. The molecule has 0 fully saturated rings. The highest BCUT2D eigenvalue weighted by Crippen LogP contribution is 2.27. The molecule has 0 saturated heterocycles. The van der Waals surface area contributed by atoms with Gasteiger partial charge in [0.05, 0.1) is 12.7 Å². The predicted molar refractivity (Wildman–Crippen MR) is 100 cm³/mol. The fraction of sp³-hybridized carbons (Fsp3) is 0.867. The molecule has 0 N–H and O–H groups in total. The molecule has 1 unspecified atom stereocenters. The Kier molecular flexibility index (Phi) is 8.32. The Labute approximate surface area is 135 Å². The molecule has 0 aromatic heterocycles. The van der Waals surface area contributed by atoms with Gasteiger partial charge in [-0.3, -0.25) is 0 Å². The van der Waals surface area contributed by atoms with Crippen LogP contribution >= 0.6 is 0 Å². The van der Waals surface area contributed by atoms with Crippen molar-refractivity contribution in [2.45, 2.75) is 78.2 Å². The number of ether oxygens (including phenoxy) is 1. The van der Waals surface area contributed by atoms with E-state index in [1.165, 1.54) is 0 Å². The van der Waals surface area contributed by atoms with E-state index in [0.717, 1.165) is 18.0 Å². The third kappa shape index (κ3) is 11.5. The van der Waals surface area contributed by atoms with Crippen LogP contribution in [-0.2, 0) is 13.0 Å². The molecule has 0 aliphatic rings. The van der Waals surface area contributed by atoms with Crippen LogP contribution in [0.1, 0.15) is 20.3 Å². The van der Waals surface area contributed by atoms with E-state index in [1.54, 1.807) is 0 Å². The summed E-state index contributed by atoms with van der Waals surface area (Å²) in [4.78, 5) is 0. The normalized spacial score (nSPS) is 15.1. The first-order valence-electron chi connectivity index (χ1n) is 7.93. The predicted octanol–water partition coefficient (Wildman–Crippen LogP) is 5.13. The fourth-order valence-electron chi connectivity index (χ4n) is 2.39. The van der Waals surface area contributed by atoms with Gasteiger partial charge in [0, 0.05) is 6.04 Å². The van der Waals surface area contributed by atoms with E-state index in [2.05, 4.69) is 59.3 Å². The van der Waals surface area contributed by atoms with Gasteiger partial charge < -0.3 is 13.0 Å². The molecule has 0 amide bonds. The van der Waals surface area contributed by atoms with Crippen LogP contribution in [0.3, 0.4) is 0 Å². The van der Waals surface area contributed by atoms with Crippen molar-refractivity contribution in [2.24, 2.45) is 0 Å². The first kappa shape index (κ1) is 21.3. The maximum atomic E-state index is 6.53. The third-order valence-corrected chi connectivity index (χ3v) is 12.2. The molecule has 0 aliphatic heterocycles. The Morgan fingerprint density at radius 3 is 1.67 bits per heavy atom. The molecule has 0 saturated carbocycles. The van der Waals surface area contributed by atoms with Gasteiger partial charge in [-0.15, -0.1) is 0 Å². The molecular weight excluding hydrogens is 312 g/mol. The van der Waals surface area contributed by atoms with E-state index in [4.69, 9.17) is 13.0 Å². The standard InChI is InChI=1S/C15H36O3Si3/c1-11-15(16-12-14(2)3)13-21(10,17-19(4,5)6)18-20(7,8)9/h15H,2,11-13H2,1,3-10H3. The number of rotatable bonds is 10. The van der Waals surface area contributed by atoms with Gasteiger partial charge in [0.2, 0.25) is 0 Å². The summed E-state index contributed by atoms with van der Waals surface area (Å²) in [6.07, 6.45) is 1.19. The fourth-order valence-corrected chi connectivity index (χ4v) is 15.2. The Balaban J connectivity index is 4.97. The summed E-state index contributed by atoms with van der Waals surface area (Å²) in [6, 6.07) is 0.908. The molecule has 6 heteroatoms. The van der Waals surface area contributed by atoms with Crippen LogP contribution < -0.4 is 0 Å². The van der Waals surface area contributed by atoms with Crippen LogP contribution in [0.5, 0.6) is 0 Å². The quantitative estimate of drug-likeness (QED) is 0.404. The number of hydrogen-bond donors (Lipinski definition) is 0. The second kappa shape index (κ2) is 8.22. The van der Waals surface area contributed by atoms with Crippen molar-refractivity contribution in [3.8, 4) is 0 Å². The molecule has 126 valence electrons. The zero-order chi connectivity index (χ0) is 16.9. The molecule has 0 aromatic rings. The Hall–Kier alpha value is 0.271. The van der Waals surface area contributed by atoms with Gasteiger partial charge in [-0.2, -0.15) is 0 Å². The van der Waals surface area contributed by atoms with Crippen molar-refractivity contribution < 1.29 is 13.0 Å². The van der Waals surface area contributed by atoms with Crippen LogP contribution in [-0.4, -0.2) is 37.9 Å². The molecule has 0 rings (SSSR count). The molecule has 21 heavy (non-hydrogen) atoms. The van der Waals surface area contributed by atoms with E-state index in [0.29, 0.717) is 6.61 Å². The highest BCUT2D eigenvalue weighted by molar-refractivity contribution is 6.87. The van der Waals surface area contributed by atoms with Gasteiger partial charge in [0.1, 0.15) is 0 Å². The Bertz CT molecular complexity index is 316. The lowest BCUT2D eigenvalue weighted by molar-refractivity contribution is 0.0751. The molecular formula is C15H36O3Si3. The molecule has 3 nitrogen and oxygen atoms in total. The molecule has 0 bridgehead atoms. The summed E-state index contributed by atoms with van der Waals surface area (Å²) in [7, 11) is -5.47. The van der Waals surface area contributed by atoms with Crippen LogP contribution in [0, 0.1) is 0 Å². The van der Waals surface area contributed by atoms with Crippen molar-refractivity contribution in [3.63, 3.8) is 0 Å². The zero-order valence-corrected chi connectivity index (χ0v) is 18.6. The molecule has 0 heterocycles. The third-order valence-electron chi connectivity index (χ3n) is 2.66. The van der Waals surface area contributed by atoms with Crippen molar-refractivity contribution in [1.29, 1.82) is 0 Å². The lowest BCUT2D eigenvalue weighted by atomic mass is 10.3. The lowest BCUT2D eigenvalue weighted by Gasteiger charge is -2.40. The van der Waals surface area contributed by atoms with Gasteiger partial charge in [-0.25, -0.2) is 0 Å². The Morgan fingerprint density at radius 1 is 0.952 bits per heavy atom. The highest BCUT2D eigenvalue weighted by atomic mass is 28.5. The summed E-state index contributed by atoms with van der Waals surface area (Å²) >= 11 is 0. The lowest BCUT2D eigenvalue weighted by Crippen LogP contribution is -2.54. The zero-order valence-electron chi connectivity index (χ0n) is 15.6. The first-order chi connectivity index (χ1) is 9.26. The topological polar surface area (TPSA) is 27.7 Å². The van der Waals surface area contributed by atoms with Gasteiger partial charge in [0.15, 0.2) is 16.6 Å². The summed E-state index contributed by atoms with van der Waals surface area (Å²) < 4.78 is 19.0. The van der Waals surface area contributed by atoms with Crippen LogP contribution in [0.25, 0.3) is 0 Å². The smallest absolute Gasteiger partial charge is 0.317 e. The maximum Gasteiger partial charge on any atom is 0.317 e. The first-order valence-corrected chi connectivity index (χ1v) is 17.3.